The van der Waals surface area contributed by atoms with E-state index in [-0.39, 0.29) is 0 Å². The average molecular weight is 273 g/mol. The van der Waals surface area contributed by atoms with Crippen LogP contribution in [0.4, 0.5) is 0 Å². The minimum Gasteiger partial charge on any atom is -0.302 e. The van der Waals surface area contributed by atoms with Crippen LogP contribution >= 0.6 is 27.5 Å². The summed E-state index contributed by atoms with van der Waals surface area (Å²) in [5, 5.41) is 3.97. The number of nitrogens with one attached hydrogen (secondary N) is 1. The molecule has 3 heteroatoms. The molecule has 74 valence electrons. The topological polar surface area (TPSA) is 12.0 Å². The Morgan fingerprint density at radius 1 is 1.50 bits per heavy atom. The lowest BCUT2D eigenvalue weighted by molar-refractivity contribution is 0.770. The van der Waals surface area contributed by atoms with E-state index in [1.54, 1.807) is 0 Å². The van der Waals surface area contributed by atoms with Gasteiger partial charge < -0.3 is 5.32 Å². The highest BCUT2D eigenvalue weighted by atomic mass is 79.9. The molecule has 0 saturated heterocycles. The SMILES string of the molecule is CC#CCNCc1cc(Br)ccc1Cl. The molecule has 0 heterocycles. The second-order valence-corrected chi connectivity index (χ2v) is 4.09. The quantitative estimate of drug-likeness (QED) is 0.658. The van der Waals surface area contributed by atoms with Gasteiger partial charge in [0.05, 0.1) is 6.54 Å². The van der Waals surface area contributed by atoms with Crippen molar-refractivity contribution in [2.45, 2.75) is 13.5 Å². The molecule has 0 atom stereocenters. The first-order valence-electron chi connectivity index (χ1n) is 4.28. The van der Waals surface area contributed by atoms with Crippen LogP contribution in [0.25, 0.3) is 0 Å². The van der Waals surface area contributed by atoms with Gasteiger partial charge in [-0.05, 0) is 30.7 Å². The third kappa shape index (κ3) is 3.71. The summed E-state index contributed by atoms with van der Waals surface area (Å²) in [6.45, 7) is 3.26. The lowest BCUT2D eigenvalue weighted by atomic mass is 10.2. The maximum Gasteiger partial charge on any atom is 0.0579 e. The molecule has 0 amide bonds. The molecule has 0 aromatic heterocycles. The van der Waals surface area contributed by atoms with Gasteiger partial charge in [-0.15, -0.1) is 5.92 Å². The van der Waals surface area contributed by atoms with Gasteiger partial charge in [-0.2, -0.15) is 0 Å². The normalized spacial score (nSPS) is 9.36. The fraction of sp³-hybridized carbons (Fsp3) is 0.273. The van der Waals surface area contributed by atoms with Crippen LogP contribution in [0.2, 0.25) is 5.02 Å². The molecule has 0 aliphatic rings. The smallest absolute Gasteiger partial charge is 0.0579 e. The van der Waals surface area contributed by atoms with E-state index in [0.717, 1.165) is 21.6 Å². The zero-order valence-electron chi connectivity index (χ0n) is 7.90. The first-order chi connectivity index (χ1) is 6.74. The molecule has 0 fully saturated rings. The largest absolute Gasteiger partial charge is 0.302 e. The second-order valence-electron chi connectivity index (χ2n) is 2.77. The van der Waals surface area contributed by atoms with E-state index in [1.165, 1.54) is 0 Å². The highest BCUT2D eigenvalue weighted by molar-refractivity contribution is 9.10. The highest BCUT2D eigenvalue weighted by Crippen LogP contribution is 2.20. The molecule has 0 saturated carbocycles. The van der Waals surface area contributed by atoms with E-state index in [2.05, 4.69) is 33.1 Å². The van der Waals surface area contributed by atoms with Gasteiger partial charge in [0.15, 0.2) is 0 Å². The molecule has 1 rings (SSSR count). The van der Waals surface area contributed by atoms with Crippen LogP contribution < -0.4 is 5.32 Å². The fourth-order valence-electron chi connectivity index (χ4n) is 1.03. The molecular formula is C11H11BrClN. The van der Waals surface area contributed by atoms with Crippen LogP contribution in [0.5, 0.6) is 0 Å². The molecule has 1 N–H and O–H groups in total. The molecule has 1 aromatic rings. The summed E-state index contributed by atoms with van der Waals surface area (Å²) in [7, 11) is 0. The van der Waals surface area contributed by atoms with Crippen LogP contribution in [0.15, 0.2) is 22.7 Å². The fourth-order valence-corrected chi connectivity index (χ4v) is 1.62. The van der Waals surface area contributed by atoms with Gasteiger partial charge >= 0.3 is 0 Å². The Morgan fingerprint density at radius 3 is 3.00 bits per heavy atom. The van der Waals surface area contributed by atoms with Gasteiger partial charge in [0.2, 0.25) is 0 Å². The Kier molecular flexibility index (Phi) is 5.03. The van der Waals surface area contributed by atoms with Crippen LogP contribution in [-0.4, -0.2) is 6.54 Å². The number of rotatable bonds is 3. The Hall–Kier alpha value is -0.490. The predicted octanol–water partition coefficient (Wildman–Crippen LogP) is 3.22. The molecule has 0 bridgehead atoms. The number of benzene rings is 1. The predicted molar refractivity (Wildman–Crippen MR) is 64.3 cm³/mol. The van der Waals surface area contributed by atoms with E-state index in [0.29, 0.717) is 6.54 Å². The number of hydrogen-bond acceptors (Lipinski definition) is 1. The number of halogens is 2. The van der Waals surface area contributed by atoms with E-state index >= 15 is 0 Å². The maximum atomic E-state index is 6.01. The lowest BCUT2D eigenvalue weighted by Gasteiger charge is -2.04. The van der Waals surface area contributed by atoms with Gasteiger partial charge in [-0.1, -0.05) is 33.5 Å². The standard InChI is InChI=1S/C11H11BrClN/c1-2-3-6-14-8-9-7-10(12)4-5-11(9)13/h4-5,7,14H,6,8H2,1H3. The molecule has 0 aliphatic heterocycles. The van der Waals surface area contributed by atoms with Crippen molar-refractivity contribution in [3.05, 3.63) is 33.3 Å². The van der Waals surface area contributed by atoms with Crippen LogP contribution in [0.1, 0.15) is 12.5 Å². The minimum atomic E-state index is 0.694. The monoisotopic (exact) mass is 271 g/mol. The molecule has 1 aromatic carbocycles. The summed E-state index contributed by atoms with van der Waals surface area (Å²) in [6, 6.07) is 5.82. The molecular weight excluding hydrogens is 261 g/mol. The van der Waals surface area contributed by atoms with Crippen molar-refractivity contribution in [1.82, 2.24) is 5.32 Å². The summed E-state index contributed by atoms with van der Waals surface area (Å²) in [6.07, 6.45) is 0. The zero-order chi connectivity index (χ0) is 10.4. The van der Waals surface area contributed by atoms with Crippen molar-refractivity contribution in [2.24, 2.45) is 0 Å². The average Bonchev–Trinajstić information content (AvgIpc) is 2.18. The lowest BCUT2D eigenvalue weighted by Crippen LogP contribution is -2.13. The summed E-state index contributed by atoms with van der Waals surface area (Å²) < 4.78 is 1.04. The van der Waals surface area contributed by atoms with Crippen molar-refractivity contribution in [3.63, 3.8) is 0 Å². The van der Waals surface area contributed by atoms with Gasteiger partial charge in [-0.25, -0.2) is 0 Å². The molecule has 1 nitrogen and oxygen atoms in total. The van der Waals surface area contributed by atoms with Gasteiger partial charge in [0.25, 0.3) is 0 Å². The summed E-state index contributed by atoms with van der Waals surface area (Å²) in [4.78, 5) is 0. The summed E-state index contributed by atoms with van der Waals surface area (Å²) >= 11 is 9.42. The van der Waals surface area contributed by atoms with Crippen molar-refractivity contribution >= 4 is 27.5 Å². The van der Waals surface area contributed by atoms with E-state index in [4.69, 9.17) is 11.6 Å². The first-order valence-corrected chi connectivity index (χ1v) is 5.45. The summed E-state index contributed by atoms with van der Waals surface area (Å²) in [5.74, 6) is 5.76. The van der Waals surface area contributed by atoms with Crippen LogP contribution in [-0.2, 0) is 6.54 Å². The van der Waals surface area contributed by atoms with Gasteiger partial charge in [0, 0.05) is 16.0 Å². The molecule has 14 heavy (non-hydrogen) atoms. The second kappa shape index (κ2) is 6.08. The van der Waals surface area contributed by atoms with E-state index < -0.39 is 0 Å². The zero-order valence-corrected chi connectivity index (χ0v) is 10.2. The van der Waals surface area contributed by atoms with Crippen molar-refractivity contribution < 1.29 is 0 Å². The third-order valence-corrected chi connectivity index (χ3v) is 2.58. The highest BCUT2D eigenvalue weighted by Gasteiger charge is 1.99. The Balaban J connectivity index is 2.56. The third-order valence-electron chi connectivity index (χ3n) is 1.71. The van der Waals surface area contributed by atoms with E-state index in [1.807, 2.05) is 25.1 Å². The van der Waals surface area contributed by atoms with Crippen molar-refractivity contribution in [3.8, 4) is 11.8 Å². The molecule has 0 aliphatic carbocycles. The summed E-state index contributed by atoms with van der Waals surface area (Å²) in [5.41, 5.74) is 1.08. The number of hydrogen-bond donors (Lipinski definition) is 1. The first kappa shape index (κ1) is 11.6. The Morgan fingerprint density at radius 2 is 2.29 bits per heavy atom. The molecule has 0 radical (unpaired) electrons. The molecule has 0 unspecified atom stereocenters. The van der Waals surface area contributed by atoms with Crippen LogP contribution in [0.3, 0.4) is 0 Å². The van der Waals surface area contributed by atoms with Crippen molar-refractivity contribution in [2.75, 3.05) is 6.54 Å². The van der Waals surface area contributed by atoms with Crippen LogP contribution in [0, 0.1) is 11.8 Å². The minimum absolute atomic E-state index is 0.694. The van der Waals surface area contributed by atoms with Crippen molar-refractivity contribution in [1.29, 1.82) is 0 Å². The Bertz CT molecular complexity index is 365. The van der Waals surface area contributed by atoms with E-state index in [9.17, 15) is 0 Å². The van der Waals surface area contributed by atoms with Gasteiger partial charge in [-0.3, -0.25) is 0 Å². The molecule has 0 spiro atoms. The maximum absolute atomic E-state index is 6.01. The Labute approximate surface area is 98.0 Å². The van der Waals surface area contributed by atoms with Gasteiger partial charge in [0.1, 0.15) is 0 Å².